The van der Waals surface area contributed by atoms with Crippen LogP contribution >= 0.6 is 11.3 Å². The minimum atomic E-state index is -3.42. The fourth-order valence-electron chi connectivity index (χ4n) is 3.50. The molecule has 0 amide bonds. The molecule has 0 aliphatic carbocycles. The van der Waals surface area contributed by atoms with Crippen molar-refractivity contribution < 1.29 is 13.2 Å². The summed E-state index contributed by atoms with van der Waals surface area (Å²) in [6, 6.07) is 11.4. The third-order valence-corrected chi connectivity index (χ3v) is 8.47. The summed E-state index contributed by atoms with van der Waals surface area (Å²) in [5, 5.41) is 4.55. The lowest BCUT2D eigenvalue weighted by atomic mass is 10.1. The average Bonchev–Trinajstić information content (AvgIpc) is 3.28. The van der Waals surface area contributed by atoms with Crippen molar-refractivity contribution in [3.8, 4) is 5.75 Å². The van der Waals surface area contributed by atoms with Crippen molar-refractivity contribution in [1.29, 1.82) is 0 Å². The first-order valence-corrected chi connectivity index (χ1v) is 14.2. The smallest absolute Gasteiger partial charge is 0.250 e. The number of ether oxygens (including phenoxy) is 1. The van der Waals surface area contributed by atoms with Crippen LogP contribution in [0, 0.1) is 0 Å². The summed E-state index contributed by atoms with van der Waals surface area (Å²) in [6.07, 6.45) is 12.4. The molecule has 0 aliphatic heterocycles. The summed E-state index contributed by atoms with van der Waals surface area (Å²) in [5.74, 6) is 0.826. The highest BCUT2D eigenvalue weighted by Gasteiger charge is 2.16. The summed E-state index contributed by atoms with van der Waals surface area (Å²) in [5.41, 5.74) is 1.10. The Morgan fingerprint density at radius 3 is 2.09 bits per heavy atom. The highest BCUT2D eigenvalue weighted by atomic mass is 32.2. The van der Waals surface area contributed by atoms with E-state index in [1.54, 1.807) is 13.2 Å². The largest absolute Gasteiger partial charge is 0.497 e. The molecule has 1 N–H and O–H groups in total. The molecule has 5 nitrogen and oxygen atoms in total. The Morgan fingerprint density at radius 1 is 0.844 bits per heavy atom. The number of sulfonamides is 1. The summed E-state index contributed by atoms with van der Waals surface area (Å²) in [7, 11) is -1.77. The molecule has 32 heavy (non-hydrogen) atoms. The molecule has 0 spiro atoms. The lowest BCUT2D eigenvalue weighted by Gasteiger charge is -2.05. The van der Waals surface area contributed by atoms with Gasteiger partial charge in [-0.05, 0) is 36.2 Å². The second kappa shape index (κ2) is 15.4. The summed E-state index contributed by atoms with van der Waals surface area (Å²) in [6.45, 7) is 3.87. The number of hydrogen-bond acceptors (Lipinski definition) is 4. The van der Waals surface area contributed by atoms with Crippen molar-refractivity contribution in [2.45, 2.75) is 88.4 Å². The van der Waals surface area contributed by atoms with Crippen LogP contribution < -0.4 is 14.8 Å². The van der Waals surface area contributed by atoms with Gasteiger partial charge in [-0.1, -0.05) is 76.8 Å². The molecule has 179 valence electrons. The third kappa shape index (κ3) is 10.5. The quantitative estimate of drug-likeness (QED) is 0.257. The molecule has 1 radical (unpaired) electrons. The van der Waals surface area contributed by atoms with Crippen molar-refractivity contribution >= 4 is 21.4 Å². The summed E-state index contributed by atoms with van der Waals surface area (Å²) >= 11 is 1.30. The first kappa shape index (κ1) is 26.8. The zero-order chi connectivity index (χ0) is 23.1. The van der Waals surface area contributed by atoms with Gasteiger partial charge in [0.1, 0.15) is 9.96 Å². The van der Waals surface area contributed by atoms with E-state index in [9.17, 15) is 8.42 Å². The Hall–Kier alpha value is -1.41. The Kier molecular flexibility index (Phi) is 12.9. The molecule has 0 unspecified atom stereocenters. The molecule has 2 rings (SSSR count). The fraction of sp³-hybridized carbons (Fsp3) is 0.600. The van der Waals surface area contributed by atoms with Crippen LogP contribution in [0.25, 0.3) is 0 Å². The lowest BCUT2D eigenvalue weighted by Crippen LogP contribution is -2.23. The van der Waals surface area contributed by atoms with Gasteiger partial charge in [-0.25, -0.2) is 18.5 Å². The van der Waals surface area contributed by atoms with Crippen molar-refractivity contribution in [2.75, 3.05) is 13.7 Å². The number of methoxy groups -OCH3 is 1. The molecule has 1 aromatic carbocycles. The average molecular weight is 480 g/mol. The first-order chi connectivity index (χ1) is 15.5. The highest BCUT2D eigenvalue weighted by molar-refractivity contribution is 7.91. The van der Waals surface area contributed by atoms with E-state index in [0.29, 0.717) is 23.8 Å². The van der Waals surface area contributed by atoms with Gasteiger partial charge in [-0.3, -0.25) is 0 Å². The van der Waals surface area contributed by atoms with Crippen molar-refractivity contribution in [3.63, 3.8) is 0 Å². The van der Waals surface area contributed by atoms with Crippen LogP contribution in [-0.4, -0.2) is 22.1 Å². The molecule has 0 saturated heterocycles. The maximum absolute atomic E-state index is 12.5. The van der Waals surface area contributed by atoms with Crippen LogP contribution in [0.4, 0.5) is 0 Å². The normalized spacial score (nSPS) is 11.7. The predicted molar refractivity (Wildman–Crippen MR) is 134 cm³/mol. The Balaban J connectivity index is 1.59. The second-order valence-corrected chi connectivity index (χ2v) is 11.4. The summed E-state index contributed by atoms with van der Waals surface area (Å²) in [4.78, 5) is 0.956. The van der Waals surface area contributed by atoms with E-state index < -0.39 is 10.0 Å². The van der Waals surface area contributed by atoms with Gasteiger partial charge in [0.05, 0.1) is 7.11 Å². The maximum Gasteiger partial charge on any atom is 0.250 e. The van der Waals surface area contributed by atoms with Gasteiger partial charge in [0.2, 0.25) is 10.0 Å². The van der Waals surface area contributed by atoms with Crippen LogP contribution in [0.5, 0.6) is 5.75 Å². The van der Waals surface area contributed by atoms with E-state index in [1.165, 1.54) is 62.7 Å². The monoisotopic (exact) mass is 479 g/mol. The van der Waals surface area contributed by atoms with Gasteiger partial charge in [-0.2, -0.15) is 0 Å². The number of thiophene rings is 1. The van der Waals surface area contributed by atoms with E-state index in [2.05, 4.69) is 17.0 Å². The molecule has 7 heteroatoms. The van der Waals surface area contributed by atoms with E-state index in [4.69, 9.17) is 4.74 Å². The molecule has 0 aliphatic rings. The van der Waals surface area contributed by atoms with Crippen LogP contribution in [0.2, 0.25) is 0 Å². The van der Waals surface area contributed by atoms with E-state index in [1.807, 2.05) is 30.3 Å². The van der Waals surface area contributed by atoms with Gasteiger partial charge >= 0.3 is 0 Å². The van der Waals surface area contributed by atoms with Crippen LogP contribution in [-0.2, 0) is 23.1 Å². The molecule has 0 atom stereocenters. The molecule has 2 aromatic rings. The number of nitrogens with zero attached hydrogens (tertiary/aromatic N) is 1. The molecular formula is C25H39N2O3S2. The molecule has 0 bridgehead atoms. The maximum atomic E-state index is 12.5. The number of unbranched alkanes of at least 4 members (excludes halogenated alkanes) is 9. The Morgan fingerprint density at radius 2 is 1.47 bits per heavy atom. The van der Waals surface area contributed by atoms with E-state index in [0.717, 1.165) is 29.0 Å². The predicted octanol–water partition coefficient (Wildman–Crippen LogP) is 6.26. The first-order valence-electron chi connectivity index (χ1n) is 11.9. The van der Waals surface area contributed by atoms with Gasteiger partial charge in [0, 0.05) is 24.5 Å². The van der Waals surface area contributed by atoms with Crippen molar-refractivity contribution in [2.24, 2.45) is 0 Å². The van der Waals surface area contributed by atoms with Gasteiger partial charge in [-0.15, -0.1) is 11.3 Å². The van der Waals surface area contributed by atoms with E-state index >= 15 is 0 Å². The lowest BCUT2D eigenvalue weighted by molar-refractivity contribution is 0.414. The topological polar surface area (TPSA) is 69.5 Å². The zero-order valence-corrected chi connectivity index (χ0v) is 21.3. The van der Waals surface area contributed by atoms with Gasteiger partial charge in [0.15, 0.2) is 0 Å². The van der Waals surface area contributed by atoms with Gasteiger partial charge in [0.25, 0.3) is 0 Å². The van der Waals surface area contributed by atoms with Crippen LogP contribution in [0.3, 0.4) is 0 Å². The van der Waals surface area contributed by atoms with Crippen LogP contribution in [0.1, 0.15) is 81.6 Å². The molecule has 1 aromatic heterocycles. The standard InChI is InChI=1S/C25H39N2O3S2/c1-3-4-5-6-7-8-9-10-11-12-19-27-32(28,29)25-18-17-24(31-25)21-26-20-22-13-15-23(30-2)16-14-22/h13-18,27H,3-12,19-21H2,1-2H3. The number of rotatable bonds is 18. The Bertz CT molecular complexity index is 848. The summed E-state index contributed by atoms with van der Waals surface area (Å²) < 4.78 is 33.3. The molecule has 0 saturated carbocycles. The van der Waals surface area contributed by atoms with Crippen molar-refractivity contribution in [3.05, 3.63) is 46.8 Å². The van der Waals surface area contributed by atoms with E-state index in [-0.39, 0.29) is 0 Å². The molecule has 0 fully saturated rings. The number of benzene rings is 1. The Labute approximate surface area is 199 Å². The fourth-order valence-corrected chi connectivity index (χ4v) is 5.93. The number of nitrogens with one attached hydrogen (secondary N) is 1. The second-order valence-electron chi connectivity index (χ2n) is 8.19. The highest BCUT2D eigenvalue weighted by Crippen LogP contribution is 2.22. The zero-order valence-electron chi connectivity index (χ0n) is 19.6. The van der Waals surface area contributed by atoms with Crippen molar-refractivity contribution in [1.82, 2.24) is 10.0 Å². The molecular weight excluding hydrogens is 440 g/mol. The molecule has 1 heterocycles. The minimum absolute atomic E-state index is 0.374. The minimum Gasteiger partial charge on any atom is -0.497 e. The SMILES string of the molecule is CCCCCCCCCCCCNS(=O)(=O)c1ccc(C[N]Cc2ccc(OC)cc2)s1. The third-order valence-electron chi connectivity index (χ3n) is 5.45. The number of hydrogen-bond donors (Lipinski definition) is 1. The van der Waals surface area contributed by atoms with Gasteiger partial charge < -0.3 is 4.74 Å². The van der Waals surface area contributed by atoms with Crippen LogP contribution in [0.15, 0.2) is 40.6 Å².